The zero-order valence-corrected chi connectivity index (χ0v) is 18.5. The van der Waals surface area contributed by atoms with Gasteiger partial charge in [0.15, 0.2) is 11.8 Å². The molecule has 0 aliphatic heterocycles. The Morgan fingerprint density at radius 3 is 2.32 bits per heavy atom. The Kier molecular flexibility index (Phi) is 8.16. The molecule has 9 N–H and O–H groups in total. The summed E-state index contributed by atoms with van der Waals surface area (Å²) in [5.74, 6) is -1.78. The van der Waals surface area contributed by atoms with Crippen LogP contribution in [0.25, 0.3) is 11.0 Å². The first-order valence-corrected chi connectivity index (χ1v) is 10.8. The van der Waals surface area contributed by atoms with Gasteiger partial charge in [0, 0.05) is 13.0 Å². The Labute approximate surface area is 196 Å². The number of aromatic nitrogens is 2. The summed E-state index contributed by atoms with van der Waals surface area (Å²) in [7, 11) is 0. The van der Waals surface area contributed by atoms with Crippen molar-refractivity contribution in [1.82, 2.24) is 20.6 Å². The molecule has 0 radical (unpaired) electrons. The number of guanidine groups is 1. The van der Waals surface area contributed by atoms with Crippen molar-refractivity contribution in [2.24, 2.45) is 22.2 Å². The number of amides is 3. The van der Waals surface area contributed by atoms with Crippen molar-refractivity contribution < 1.29 is 14.4 Å². The van der Waals surface area contributed by atoms with Gasteiger partial charge in [-0.1, -0.05) is 42.5 Å². The number of nitrogens with two attached hydrogens (primary N) is 3. The number of hydrogen-bond acceptors (Lipinski definition) is 5. The van der Waals surface area contributed by atoms with Crippen LogP contribution in [0.3, 0.4) is 0 Å². The standard InChI is InChI=1S/C23H28N8O3/c24-19(32)18(13-14-7-2-1-3-8-14)31-21(33)17(11-6-12-27-23(25)26)30-22(34)20-28-15-9-4-5-10-16(15)29-20/h1-5,7-10,17-18H,6,11-13H2,(H2,24,32)(H,28,29)(H,30,34)(H,31,33)(H4,25,26,27)/t17-,18-/m0/s1. The maximum atomic E-state index is 13.1. The Morgan fingerprint density at radius 1 is 0.941 bits per heavy atom. The van der Waals surface area contributed by atoms with E-state index in [1.165, 1.54) is 0 Å². The molecular weight excluding hydrogens is 436 g/mol. The summed E-state index contributed by atoms with van der Waals surface area (Å²) in [4.78, 5) is 49.0. The van der Waals surface area contributed by atoms with Crippen LogP contribution in [-0.2, 0) is 16.0 Å². The molecule has 1 aromatic heterocycles. The minimum Gasteiger partial charge on any atom is -0.370 e. The highest BCUT2D eigenvalue weighted by molar-refractivity contribution is 5.98. The maximum Gasteiger partial charge on any atom is 0.287 e. The number of fused-ring (bicyclic) bond motifs is 1. The first-order chi connectivity index (χ1) is 16.3. The van der Waals surface area contributed by atoms with Crippen molar-refractivity contribution in [2.75, 3.05) is 6.54 Å². The van der Waals surface area contributed by atoms with E-state index in [4.69, 9.17) is 17.2 Å². The molecule has 0 saturated heterocycles. The number of aliphatic imine (C=N–C) groups is 1. The van der Waals surface area contributed by atoms with Crippen LogP contribution in [0.5, 0.6) is 0 Å². The van der Waals surface area contributed by atoms with Gasteiger partial charge >= 0.3 is 0 Å². The maximum absolute atomic E-state index is 13.1. The number of imidazole rings is 1. The van der Waals surface area contributed by atoms with E-state index in [9.17, 15) is 14.4 Å². The lowest BCUT2D eigenvalue weighted by molar-refractivity contribution is -0.128. The van der Waals surface area contributed by atoms with Crippen molar-refractivity contribution in [3.8, 4) is 0 Å². The summed E-state index contributed by atoms with van der Waals surface area (Å²) in [5.41, 5.74) is 18.4. The van der Waals surface area contributed by atoms with Gasteiger partial charge in [0.25, 0.3) is 5.91 Å². The molecule has 0 spiro atoms. The Morgan fingerprint density at radius 2 is 1.65 bits per heavy atom. The van der Waals surface area contributed by atoms with E-state index in [0.717, 1.165) is 5.56 Å². The molecule has 0 aliphatic rings. The van der Waals surface area contributed by atoms with Crippen molar-refractivity contribution in [3.05, 3.63) is 66.0 Å². The number of nitrogens with zero attached hydrogens (tertiary/aromatic N) is 2. The molecule has 3 rings (SSSR count). The minimum atomic E-state index is -0.965. The third-order valence-corrected chi connectivity index (χ3v) is 5.11. The van der Waals surface area contributed by atoms with Gasteiger partial charge in [-0.05, 0) is 30.5 Å². The molecule has 3 aromatic rings. The molecule has 0 saturated carbocycles. The molecule has 11 nitrogen and oxygen atoms in total. The lowest BCUT2D eigenvalue weighted by atomic mass is 10.0. The molecule has 0 aliphatic carbocycles. The number of primary amides is 1. The fourth-order valence-electron chi connectivity index (χ4n) is 3.40. The minimum absolute atomic E-state index is 0.0658. The fraction of sp³-hybridized carbons (Fsp3) is 0.261. The smallest absolute Gasteiger partial charge is 0.287 e. The second-order valence-electron chi connectivity index (χ2n) is 7.73. The van der Waals surface area contributed by atoms with Gasteiger partial charge in [-0.2, -0.15) is 0 Å². The second kappa shape index (κ2) is 11.5. The number of hydrogen-bond donors (Lipinski definition) is 6. The molecule has 1 heterocycles. The average molecular weight is 465 g/mol. The lowest BCUT2D eigenvalue weighted by Gasteiger charge is -2.21. The van der Waals surface area contributed by atoms with Gasteiger partial charge < -0.3 is 32.8 Å². The first-order valence-electron chi connectivity index (χ1n) is 10.8. The number of carbonyl (C=O) groups is 3. The van der Waals surface area contributed by atoms with Crippen molar-refractivity contribution in [3.63, 3.8) is 0 Å². The van der Waals surface area contributed by atoms with Crippen LogP contribution in [-0.4, -0.2) is 52.3 Å². The summed E-state index contributed by atoms with van der Waals surface area (Å²) in [6.45, 7) is 0.274. The molecule has 34 heavy (non-hydrogen) atoms. The third-order valence-electron chi connectivity index (χ3n) is 5.11. The highest BCUT2D eigenvalue weighted by Gasteiger charge is 2.27. The van der Waals surface area contributed by atoms with Crippen LogP contribution in [0.4, 0.5) is 0 Å². The van der Waals surface area contributed by atoms with Gasteiger partial charge in [0.05, 0.1) is 11.0 Å². The molecule has 3 amide bonds. The van der Waals surface area contributed by atoms with E-state index in [1.54, 1.807) is 12.1 Å². The topological polar surface area (TPSA) is 194 Å². The fourth-order valence-corrected chi connectivity index (χ4v) is 3.40. The molecule has 0 unspecified atom stereocenters. The van der Waals surface area contributed by atoms with Crippen LogP contribution in [0.1, 0.15) is 29.0 Å². The quantitative estimate of drug-likeness (QED) is 0.130. The summed E-state index contributed by atoms with van der Waals surface area (Å²) >= 11 is 0. The van der Waals surface area contributed by atoms with Crippen molar-refractivity contribution in [1.29, 1.82) is 0 Å². The van der Waals surface area contributed by atoms with Gasteiger partial charge in [0.1, 0.15) is 12.1 Å². The SMILES string of the molecule is NC(=O)[C@H](Cc1ccccc1)NC(=O)[C@H](CCCN=C(N)N)NC(=O)c1nc2ccccc2[nH]1. The van der Waals surface area contributed by atoms with Crippen LogP contribution in [0.2, 0.25) is 0 Å². The number of H-pyrrole nitrogens is 1. The van der Waals surface area contributed by atoms with E-state index in [1.807, 2.05) is 42.5 Å². The van der Waals surface area contributed by atoms with Crippen molar-refractivity contribution in [2.45, 2.75) is 31.3 Å². The summed E-state index contributed by atoms with van der Waals surface area (Å²) in [6.07, 6.45) is 0.863. The Balaban J connectivity index is 1.73. The Hall–Kier alpha value is -4.41. The molecular formula is C23H28N8O3. The van der Waals surface area contributed by atoms with E-state index in [2.05, 4.69) is 25.6 Å². The normalized spacial score (nSPS) is 12.5. The van der Waals surface area contributed by atoms with Crippen molar-refractivity contribution >= 4 is 34.7 Å². The zero-order chi connectivity index (χ0) is 24.5. The predicted octanol–water partition coefficient (Wildman–Crippen LogP) is -0.0723. The Bertz CT molecular complexity index is 1140. The second-order valence-corrected chi connectivity index (χ2v) is 7.73. The van der Waals surface area contributed by atoms with E-state index in [0.29, 0.717) is 17.5 Å². The van der Waals surface area contributed by atoms with Gasteiger partial charge in [-0.3, -0.25) is 19.4 Å². The molecule has 2 aromatic carbocycles. The highest BCUT2D eigenvalue weighted by Crippen LogP contribution is 2.11. The average Bonchev–Trinajstić information content (AvgIpc) is 3.25. The largest absolute Gasteiger partial charge is 0.370 e. The summed E-state index contributed by atoms with van der Waals surface area (Å²) in [5, 5.41) is 5.34. The number of nitrogens with one attached hydrogen (secondary N) is 3. The molecule has 11 heteroatoms. The number of benzene rings is 2. The highest BCUT2D eigenvalue weighted by atomic mass is 16.2. The lowest BCUT2D eigenvalue weighted by Crippen LogP contribution is -2.53. The zero-order valence-electron chi connectivity index (χ0n) is 18.5. The van der Waals surface area contributed by atoms with Crippen LogP contribution >= 0.6 is 0 Å². The summed E-state index contributed by atoms with van der Waals surface area (Å²) < 4.78 is 0. The van der Waals surface area contributed by atoms with Gasteiger partial charge in [0.2, 0.25) is 11.8 Å². The number of carbonyl (C=O) groups excluding carboxylic acids is 3. The number of aromatic amines is 1. The van der Waals surface area contributed by atoms with Crippen LogP contribution in [0, 0.1) is 0 Å². The molecule has 2 atom stereocenters. The molecule has 0 fully saturated rings. The third kappa shape index (κ3) is 6.79. The molecule has 0 bridgehead atoms. The number of para-hydroxylation sites is 2. The van der Waals surface area contributed by atoms with Crippen LogP contribution in [0.15, 0.2) is 59.6 Å². The van der Waals surface area contributed by atoms with E-state index >= 15 is 0 Å². The van der Waals surface area contributed by atoms with E-state index < -0.39 is 29.8 Å². The van der Waals surface area contributed by atoms with Gasteiger partial charge in [-0.25, -0.2) is 4.98 Å². The van der Waals surface area contributed by atoms with E-state index in [-0.39, 0.29) is 31.2 Å². The first kappa shape index (κ1) is 24.2. The molecule has 178 valence electrons. The van der Waals surface area contributed by atoms with Crippen LogP contribution < -0.4 is 27.8 Å². The monoisotopic (exact) mass is 464 g/mol. The number of rotatable bonds is 11. The summed E-state index contributed by atoms with van der Waals surface area (Å²) in [6, 6.07) is 14.4. The van der Waals surface area contributed by atoms with Gasteiger partial charge in [-0.15, -0.1) is 0 Å². The predicted molar refractivity (Wildman–Crippen MR) is 129 cm³/mol.